The molecule has 0 bridgehead atoms. The molecule has 3 aromatic rings. The number of fused-ring (bicyclic) bond motifs is 1. The molecule has 0 atom stereocenters. The summed E-state index contributed by atoms with van der Waals surface area (Å²) in [4.78, 5) is 0. The van der Waals surface area contributed by atoms with Gasteiger partial charge in [0.1, 0.15) is 5.75 Å². The van der Waals surface area contributed by atoms with Crippen LogP contribution in [0, 0.1) is 0 Å². The van der Waals surface area contributed by atoms with Gasteiger partial charge in [0, 0.05) is 5.56 Å². The summed E-state index contributed by atoms with van der Waals surface area (Å²) in [6.45, 7) is 0.573. The van der Waals surface area contributed by atoms with Gasteiger partial charge in [0.15, 0.2) is 11.5 Å². The summed E-state index contributed by atoms with van der Waals surface area (Å²) in [7, 11) is 4.91. The maximum Gasteiger partial charge on any atom is 0.161 e. The lowest BCUT2D eigenvalue weighted by Gasteiger charge is -2.10. The molecule has 0 aromatic heterocycles. The number of hydrazone groups is 1. The molecule has 0 radical (unpaired) electrons. The molecule has 134 valence electrons. The molecular formula is C21H22N2O3. The van der Waals surface area contributed by atoms with Gasteiger partial charge in [-0.25, -0.2) is 0 Å². The largest absolute Gasteiger partial charge is 0.496 e. The first-order valence-electron chi connectivity index (χ1n) is 8.29. The van der Waals surface area contributed by atoms with Crippen LogP contribution in [0.5, 0.6) is 17.2 Å². The Morgan fingerprint density at radius 1 is 0.846 bits per heavy atom. The second-order valence-corrected chi connectivity index (χ2v) is 5.69. The zero-order chi connectivity index (χ0) is 18.4. The molecule has 26 heavy (non-hydrogen) atoms. The Hall–Kier alpha value is -3.21. The zero-order valence-electron chi connectivity index (χ0n) is 15.2. The summed E-state index contributed by atoms with van der Waals surface area (Å²) in [5.74, 6) is 2.20. The molecule has 0 aliphatic carbocycles. The van der Waals surface area contributed by atoms with Crippen molar-refractivity contribution in [2.75, 3.05) is 21.3 Å². The van der Waals surface area contributed by atoms with Crippen molar-refractivity contribution in [2.24, 2.45) is 5.10 Å². The maximum atomic E-state index is 5.48. The highest BCUT2D eigenvalue weighted by Gasteiger charge is 2.06. The number of rotatable bonds is 7. The quantitative estimate of drug-likeness (QED) is 0.517. The van der Waals surface area contributed by atoms with E-state index in [1.807, 2.05) is 42.5 Å². The third-order valence-electron chi connectivity index (χ3n) is 4.17. The van der Waals surface area contributed by atoms with Gasteiger partial charge >= 0.3 is 0 Å². The van der Waals surface area contributed by atoms with Crippen molar-refractivity contribution in [3.05, 3.63) is 65.7 Å². The second-order valence-electron chi connectivity index (χ2n) is 5.69. The first kappa shape index (κ1) is 17.6. The summed E-state index contributed by atoms with van der Waals surface area (Å²) in [5, 5.41) is 6.61. The molecule has 0 fully saturated rings. The topological polar surface area (TPSA) is 52.1 Å². The van der Waals surface area contributed by atoms with Crippen LogP contribution in [0.4, 0.5) is 0 Å². The highest BCUT2D eigenvalue weighted by molar-refractivity contribution is 6.02. The predicted octanol–water partition coefficient (Wildman–Crippen LogP) is 3.99. The molecule has 0 amide bonds. The number of hydrogen-bond acceptors (Lipinski definition) is 5. The Morgan fingerprint density at radius 3 is 2.35 bits per heavy atom. The lowest BCUT2D eigenvalue weighted by molar-refractivity contribution is 0.354. The van der Waals surface area contributed by atoms with Crippen LogP contribution in [0.3, 0.4) is 0 Å². The fourth-order valence-electron chi connectivity index (χ4n) is 2.82. The van der Waals surface area contributed by atoms with E-state index >= 15 is 0 Å². The Morgan fingerprint density at radius 2 is 1.58 bits per heavy atom. The first-order chi connectivity index (χ1) is 12.8. The third kappa shape index (κ3) is 3.72. The average molecular weight is 350 g/mol. The van der Waals surface area contributed by atoms with E-state index in [0.29, 0.717) is 18.0 Å². The van der Waals surface area contributed by atoms with Crippen molar-refractivity contribution in [2.45, 2.75) is 6.54 Å². The standard InChI is InChI=1S/C21H22N2O3/c1-24-19-11-9-16-6-4-5-7-17(16)18(19)14-23-22-13-15-8-10-20(25-2)21(12-15)26-3/h4-12,14,22H,13H2,1-3H3/b23-14-. The fourth-order valence-corrected chi connectivity index (χ4v) is 2.82. The van der Waals surface area contributed by atoms with Gasteiger partial charge in [-0.05, 0) is 34.5 Å². The molecule has 3 rings (SSSR count). The summed E-state index contributed by atoms with van der Waals surface area (Å²) in [6.07, 6.45) is 1.79. The molecule has 0 heterocycles. The lowest BCUT2D eigenvalue weighted by atomic mass is 10.0. The molecule has 0 unspecified atom stereocenters. The van der Waals surface area contributed by atoms with Crippen LogP contribution in [-0.4, -0.2) is 27.5 Å². The molecule has 5 nitrogen and oxygen atoms in total. The lowest BCUT2D eigenvalue weighted by Crippen LogP contribution is -2.06. The van der Waals surface area contributed by atoms with Crippen LogP contribution in [-0.2, 0) is 6.54 Å². The highest BCUT2D eigenvalue weighted by Crippen LogP contribution is 2.28. The number of nitrogens with one attached hydrogen (secondary N) is 1. The minimum absolute atomic E-state index is 0.573. The molecule has 3 aromatic carbocycles. The summed E-state index contributed by atoms with van der Waals surface area (Å²) in [5.41, 5.74) is 5.07. The van der Waals surface area contributed by atoms with E-state index in [4.69, 9.17) is 14.2 Å². The highest BCUT2D eigenvalue weighted by atomic mass is 16.5. The number of ether oxygens (including phenoxy) is 3. The van der Waals surface area contributed by atoms with Crippen molar-refractivity contribution in [3.63, 3.8) is 0 Å². The van der Waals surface area contributed by atoms with Crippen LogP contribution in [0.25, 0.3) is 10.8 Å². The Bertz CT molecular complexity index is 922. The number of hydrogen-bond donors (Lipinski definition) is 1. The fraction of sp³-hybridized carbons (Fsp3) is 0.190. The van der Waals surface area contributed by atoms with Gasteiger partial charge in [-0.2, -0.15) is 5.10 Å². The van der Waals surface area contributed by atoms with Crippen molar-refractivity contribution in [1.29, 1.82) is 0 Å². The number of nitrogens with zero attached hydrogens (tertiary/aromatic N) is 1. The maximum absolute atomic E-state index is 5.48. The predicted molar refractivity (Wildman–Crippen MR) is 104 cm³/mol. The van der Waals surface area contributed by atoms with Gasteiger partial charge < -0.3 is 19.6 Å². The minimum atomic E-state index is 0.573. The summed E-state index contributed by atoms with van der Waals surface area (Å²) < 4.78 is 16.1. The molecular weight excluding hydrogens is 328 g/mol. The van der Waals surface area contributed by atoms with E-state index in [9.17, 15) is 0 Å². The number of methoxy groups -OCH3 is 3. The monoisotopic (exact) mass is 350 g/mol. The number of benzene rings is 3. The van der Waals surface area contributed by atoms with Crippen LogP contribution < -0.4 is 19.6 Å². The van der Waals surface area contributed by atoms with Gasteiger partial charge in [0.25, 0.3) is 0 Å². The van der Waals surface area contributed by atoms with E-state index in [0.717, 1.165) is 27.6 Å². The average Bonchev–Trinajstić information content (AvgIpc) is 2.70. The molecule has 0 saturated carbocycles. The molecule has 5 heteroatoms. The van der Waals surface area contributed by atoms with Crippen LogP contribution in [0.2, 0.25) is 0 Å². The van der Waals surface area contributed by atoms with Crippen molar-refractivity contribution >= 4 is 17.0 Å². The van der Waals surface area contributed by atoms with E-state index in [2.05, 4.69) is 22.7 Å². The van der Waals surface area contributed by atoms with Gasteiger partial charge in [-0.3, -0.25) is 0 Å². The Labute approximate surface area is 153 Å². The van der Waals surface area contributed by atoms with Crippen LogP contribution >= 0.6 is 0 Å². The summed E-state index contributed by atoms with van der Waals surface area (Å²) >= 11 is 0. The first-order valence-corrected chi connectivity index (χ1v) is 8.29. The van der Waals surface area contributed by atoms with E-state index in [-0.39, 0.29) is 0 Å². The Kier molecular flexibility index (Phi) is 5.59. The second kappa shape index (κ2) is 8.25. The van der Waals surface area contributed by atoms with Crippen LogP contribution in [0.15, 0.2) is 59.7 Å². The molecule has 0 saturated heterocycles. The molecule has 0 aliphatic heterocycles. The van der Waals surface area contributed by atoms with Gasteiger partial charge in [0.05, 0.1) is 34.1 Å². The molecule has 1 N–H and O–H groups in total. The molecule has 0 spiro atoms. The SMILES string of the molecule is COc1ccc(CN/N=C\c2c(OC)ccc3ccccc23)cc1OC. The zero-order valence-corrected chi connectivity index (χ0v) is 15.2. The van der Waals surface area contributed by atoms with E-state index in [1.54, 1.807) is 27.5 Å². The van der Waals surface area contributed by atoms with Gasteiger partial charge in [0.2, 0.25) is 0 Å². The Balaban J connectivity index is 1.76. The normalized spacial score (nSPS) is 10.9. The van der Waals surface area contributed by atoms with E-state index < -0.39 is 0 Å². The van der Waals surface area contributed by atoms with E-state index in [1.165, 1.54) is 0 Å². The van der Waals surface area contributed by atoms with Crippen molar-refractivity contribution in [3.8, 4) is 17.2 Å². The van der Waals surface area contributed by atoms with Gasteiger partial charge in [-0.1, -0.05) is 36.4 Å². The van der Waals surface area contributed by atoms with Crippen molar-refractivity contribution < 1.29 is 14.2 Å². The third-order valence-corrected chi connectivity index (χ3v) is 4.17. The van der Waals surface area contributed by atoms with Crippen LogP contribution in [0.1, 0.15) is 11.1 Å². The minimum Gasteiger partial charge on any atom is -0.496 e. The summed E-state index contributed by atoms with van der Waals surface area (Å²) in [6, 6.07) is 18.0. The van der Waals surface area contributed by atoms with Crippen molar-refractivity contribution in [1.82, 2.24) is 5.43 Å². The molecule has 0 aliphatic rings. The van der Waals surface area contributed by atoms with Gasteiger partial charge in [-0.15, -0.1) is 0 Å². The smallest absolute Gasteiger partial charge is 0.161 e.